The minimum absolute atomic E-state index is 0.0563. The molecule has 1 aliphatic heterocycles. The molecule has 272 valence electrons. The fourth-order valence-corrected chi connectivity index (χ4v) is 6.84. The molecule has 12 heteroatoms. The van der Waals surface area contributed by atoms with Crippen LogP contribution < -0.4 is 15.5 Å². The van der Waals surface area contributed by atoms with Crippen LogP contribution in [0.3, 0.4) is 0 Å². The Hall–Kier alpha value is -4.14. The third-order valence-electron chi connectivity index (χ3n) is 8.66. The molecule has 5 N–H and O–H groups in total. The van der Waals surface area contributed by atoms with Gasteiger partial charge < -0.3 is 30.0 Å². The molecule has 0 aliphatic carbocycles. The monoisotopic (exact) mass is 810 g/mol. The Labute approximate surface area is 312 Å². The summed E-state index contributed by atoms with van der Waals surface area (Å²) in [5, 5.41) is 24.7. The third-order valence-corrected chi connectivity index (χ3v) is 9.59. The number of aromatic amines is 1. The molecule has 51 heavy (non-hydrogen) atoms. The van der Waals surface area contributed by atoms with Crippen molar-refractivity contribution in [3.05, 3.63) is 87.1 Å². The minimum atomic E-state index is -1.07. The fourth-order valence-electron chi connectivity index (χ4n) is 6.07. The summed E-state index contributed by atoms with van der Waals surface area (Å²) in [5.74, 6) is -0.931. The third kappa shape index (κ3) is 10.2. The van der Waals surface area contributed by atoms with Crippen LogP contribution in [-0.4, -0.2) is 69.0 Å². The summed E-state index contributed by atoms with van der Waals surface area (Å²) in [6, 6.07) is 19.8. The lowest BCUT2D eigenvalue weighted by Crippen LogP contribution is -2.60. The molecule has 0 unspecified atom stereocenters. The van der Waals surface area contributed by atoms with Crippen LogP contribution >= 0.6 is 22.6 Å². The van der Waals surface area contributed by atoms with Gasteiger partial charge >= 0.3 is 12.1 Å². The topological polar surface area (TPSA) is 153 Å². The lowest BCUT2D eigenvalue weighted by molar-refractivity contribution is -0.147. The molecule has 2 heterocycles. The van der Waals surface area contributed by atoms with E-state index in [1.54, 1.807) is 20.8 Å². The Morgan fingerprint density at radius 1 is 1.00 bits per heavy atom. The van der Waals surface area contributed by atoms with E-state index in [0.717, 1.165) is 42.4 Å². The summed E-state index contributed by atoms with van der Waals surface area (Å²) in [7, 11) is 0. The van der Waals surface area contributed by atoms with Crippen molar-refractivity contribution in [3.8, 4) is 16.9 Å². The van der Waals surface area contributed by atoms with Gasteiger partial charge in [-0.05, 0) is 120 Å². The van der Waals surface area contributed by atoms with Gasteiger partial charge in [0.2, 0.25) is 0 Å². The molecular weight excluding hydrogens is 763 g/mol. The maximum atomic E-state index is 14.0. The number of alkyl carbamates (subject to hydrolysis) is 1. The van der Waals surface area contributed by atoms with Crippen molar-refractivity contribution in [2.45, 2.75) is 84.6 Å². The van der Waals surface area contributed by atoms with Crippen LogP contribution in [-0.2, 0) is 33.8 Å². The Morgan fingerprint density at radius 3 is 2.43 bits per heavy atom. The molecule has 4 aromatic rings. The normalized spacial score (nSPS) is 15.7. The van der Waals surface area contributed by atoms with Gasteiger partial charge in [-0.1, -0.05) is 56.3 Å². The second-order valence-electron chi connectivity index (χ2n) is 14.9. The smallest absolute Gasteiger partial charge is 0.408 e. The van der Waals surface area contributed by atoms with E-state index in [9.17, 15) is 24.6 Å². The first-order chi connectivity index (χ1) is 24.1. The van der Waals surface area contributed by atoms with Gasteiger partial charge in [0.05, 0.1) is 3.70 Å². The Bertz CT molecular complexity index is 1870. The number of H-pyrrole nitrogens is 1. The van der Waals surface area contributed by atoms with Crippen LogP contribution in [0.4, 0.5) is 4.79 Å². The number of nitrogens with zero attached hydrogens (tertiary/aromatic N) is 1. The highest BCUT2D eigenvalue weighted by atomic mass is 127. The zero-order valence-electron chi connectivity index (χ0n) is 29.7. The summed E-state index contributed by atoms with van der Waals surface area (Å²) >= 11 is 2.31. The molecule has 1 aliphatic rings. The van der Waals surface area contributed by atoms with Crippen LogP contribution in [0.5, 0.6) is 5.75 Å². The first-order valence-electron chi connectivity index (χ1n) is 17.1. The molecule has 0 bridgehead atoms. The van der Waals surface area contributed by atoms with E-state index in [2.05, 4.69) is 44.4 Å². The number of ether oxygens (including phenoxy) is 2. The van der Waals surface area contributed by atoms with Crippen LogP contribution in [0.25, 0.3) is 22.0 Å². The SMILES string of the molecule is CC(C)(CO)Cc1c(I)[nH]c2ccc(-c3cc(C[C@H](NC(=O)OC(C)(C)C)C(=O)N4CCC[C@@H](C(=O)O)N4)cc(OCc4ccccc4)c3)cc12. The number of hydrazine groups is 1. The number of carbonyl (C=O) groups excluding carboxylic acids is 2. The highest BCUT2D eigenvalue weighted by Gasteiger charge is 2.33. The number of amides is 2. The number of aliphatic hydroxyl groups excluding tert-OH is 1. The van der Waals surface area contributed by atoms with Gasteiger partial charge in [-0.15, -0.1) is 0 Å². The van der Waals surface area contributed by atoms with Crippen molar-refractivity contribution in [1.82, 2.24) is 20.7 Å². The Morgan fingerprint density at radius 2 is 1.75 bits per heavy atom. The quantitative estimate of drug-likeness (QED) is 0.101. The average Bonchev–Trinajstić information content (AvgIpc) is 3.39. The van der Waals surface area contributed by atoms with Gasteiger partial charge in [-0.2, -0.15) is 0 Å². The van der Waals surface area contributed by atoms with Gasteiger partial charge in [-0.25, -0.2) is 10.2 Å². The number of carbonyl (C=O) groups is 3. The van der Waals surface area contributed by atoms with E-state index in [1.807, 2.05) is 74.5 Å². The van der Waals surface area contributed by atoms with E-state index in [-0.39, 0.29) is 18.4 Å². The standard InChI is InChI=1S/C39H47IN4O7/c1-38(2,3)51-37(49)42-33(35(46)44-15-9-12-32(43-44)36(47)48)18-25-16-27(19-28(17-25)50-22-24-10-7-6-8-11-24)26-13-14-31-29(20-26)30(34(40)41-31)21-39(4,5)23-45/h6-8,10-11,13-14,16-17,19-20,32-33,41,43,45H,9,12,15,18,21-23H2,1-5H3,(H,42,49)(H,47,48)/t32-,33-/m0/s1. The van der Waals surface area contributed by atoms with Crippen molar-refractivity contribution in [2.75, 3.05) is 13.2 Å². The van der Waals surface area contributed by atoms with Crippen molar-refractivity contribution in [3.63, 3.8) is 0 Å². The molecule has 0 spiro atoms. The number of halogens is 1. The minimum Gasteiger partial charge on any atom is -0.489 e. The number of aliphatic hydroxyl groups is 1. The Balaban J connectivity index is 1.53. The summed E-state index contributed by atoms with van der Waals surface area (Å²) < 4.78 is 12.9. The maximum absolute atomic E-state index is 14.0. The first-order valence-corrected chi connectivity index (χ1v) is 18.2. The number of nitrogens with one attached hydrogen (secondary N) is 3. The van der Waals surface area contributed by atoms with Crippen molar-refractivity contribution < 1.29 is 34.1 Å². The summed E-state index contributed by atoms with van der Waals surface area (Å²) in [5.41, 5.74) is 7.33. The second kappa shape index (κ2) is 16.0. The van der Waals surface area contributed by atoms with Crippen molar-refractivity contribution >= 4 is 51.5 Å². The van der Waals surface area contributed by atoms with E-state index in [4.69, 9.17) is 9.47 Å². The molecule has 11 nitrogen and oxygen atoms in total. The highest BCUT2D eigenvalue weighted by Crippen LogP contribution is 2.35. The van der Waals surface area contributed by atoms with E-state index >= 15 is 0 Å². The second-order valence-corrected chi connectivity index (χ2v) is 16.0. The molecule has 5 rings (SSSR count). The number of aromatic nitrogens is 1. The van der Waals surface area contributed by atoms with Gasteiger partial charge in [0.25, 0.3) is 5.91 Å². The lowest BCUT2D eigenvalue weighted by atomic mass is 9.86. The molecule has 0 radical (unpaired) electrons. The molecule has 1 fully saturated rings. The lowest BCUT2D eigenvalue weighted by Gasteiger charge is -2.34. The Kier molecular flexibility index (Phi) is 12.0. The molecule has 1 saturated heterocycles. The number of benzene rings is 3. The maximum Gasteiger partial charge on any atom is 0.408 e. The van der Waals surface area contributed by atoms with Gasteiger partial charge in [-0.3, -0.25) is 14.6 Å². The van der Waals surface area contributed by atoms with Gasteiger partial charge in [0, 0.05) is 30.5 Å². The number of carboxylic acid groups (broad SMARTS) is 1. The van der Waals surface area contributed by atoms with E-state index in [0.29, 0.717) is 38.2 Å². The largest absolute Gasteiger partial charge is 0.489 e. The van der Waals surface area contributed by atoms with E-state index in [1.165, 1.54) is 5.01 Å². The first kappa shape index (κ1) is 38.1. The molecule has 2 atom stereocenters. The number of carboxylic acids is 1. The van der Waals surface area contributed by atoms with Gasteiger partial charge in [0.1, 0.15) is 30.0 Å². The molecule has 0 saturated carbocycles. The van der Waals surface area contributed by atoms with Crippen LogP contribution in [0, 0.1) is 9.12 Å². The molecule has 2 amide bonds. The summed E-state index contributed by atoms with van der Waals surface area (Å²) in [6.45, 7) is 9.98. The van der Waals surface area contributed by atoms with Crippen molar-refractivity contribution in [1.29, 1.82) is 0 Å². The molecule has 1 aromatic heterocycles. The number of aliphatic carboxylic acids is 1. The predicted octanol–water partition coefficient (Wildman–Crippen LogP) is 6.60. The predicted molar refractivity (Wildman–Crippen MR) is 204 cm³/mol. The zero-order valence-corrected chi connectivity index (χ0v) is 31.9. The van der Waals surface area contributed by atoms with Crippen LogP contribution in [0.1, 0.15) is 64.2 Å². The zero-order chi connectivity index (χ0) is 36.9. The fraction of sp³-hybridized carbons (Fsp3) is 0.410. The van der Waals surface area contributed by atoms with Crippen LogP contribution in [0.2, 0.25) is 0 Å². The number of fused-ring (bicyclic) bond motifs is 1. The van der Waals surface area contributed by atoms with Crippen molar-refractivity contribution in [2.24, 2.45) is 5.41 Å². The summed E-state index contributed by atoms with van der Waals surface area (Å²) in [6.07, 6.45) is 0.903. The number of hydrogen-bond acceptors (Lipinski definition) is 7. The average molecular weight is 811 g/mol. The van der Waals surface area contributed by atoms with E-state index < -0.39 is 35.7 Å². The molecular formula is C39H47IN4O7. The number of rotatable bonds is 12. The van der Waals surface area contributed by atoms with Crippen LogP contribution in [0.15, 0.2) is 66.7 Å². The number of hydrogen-bond donors (Lipinski definition) is 5. The molecule has 3 aromatic carbocycles. The highest BCUT2D eigenvalue weighted by molar-refractivity contribution is 14.1. The van der Waals surface area contributed by atoms with Gasteiger partial charge in [0.15, 0.2) is 0 Å². The summed E-state index contributed by atoms with van der Waals surface area (Å²) in [4.78, 5) is 42.3.